The number of aromatic nitrogens is 1. The van der Waals surface area contributed by atoms with Gasteiger partial charge < -0.3 is 20.3 Å². The number of amides is 1. The fourth-order valence-corrected chi connectivity index (χ4v) is 1.48. The highest BCUT2D eigenvalue weighted by Crippen LogP contribution is 2.11. The third-order valence-corrected chi connectivity index (χ3v) is 2.39. The Labute approximate surface area is 86.7 Å². The van der Waals surface area contributed by atoms with E-state index in [9.17, 15) is 4.79 Å². The standard InChI is InChI=1S/C9H13N3O3/c10-8-5-14-4-7(8)9(13)11-3-6-1-2-12-15-6/h1-2,7-8H,3-5,10H2,(H,11,13). The molecule has 1 fully saturated rings. The minimum absolute atomic E-state index is 0.101. The summed E-state index contributed by atoms with van der Waals surface area (Å²) in [6.45, 7) is 1.17. The molecule has 6 nitrogen and oxygen atoms in total. The molecule has 6 heteroatoms. The molecule has 82 valence electrons. The van der Waals surface area contributed by atoms with Gasteiger partial charge in [0.1, 0.15) is 0 Å². The number of nitrogens with two attached hydrogens (primary N) is 1. The number of carbonyl (C=O) groups excluding carboxylic acids is 1. The number of hydrogen-bond donors (Lipinski definition) is 2. The van der Waals surface area contributed by atoms with Gasteiger partial charge in [-0.3, -0.25) is 4.79 Å². The first-order chi connectivity index (χ1) is 7.27. The molecule has 2 unspecified atom stereocenters. The minimum Gasteiger partial charge on any atom is -0.379 e. The van der Waals surface area contributed by atoms with E-state index in [2.05, 4.69) is 10.5 Å². The van der Waals surface area contributed by atoms with Crippen LogP contribution in [-0.4, -0.2) is 30.3 Å². The van der Waals surface area contributed by atoms with Crippen LogP contribution >= 0.6 is 0 Å². The van der Waals surface area contributed by atoms with E-state index in [1.54, 1.807) is 6.07 Å². The van der Waals surface area contributed by atoms with Gasteiger partial charge in [0.15, 0.2) is 5.76 Å². The highest BCUT2D eigenvalue weighted by Gasteiger charge is 2.31. The second-order valence-electron chi connectivity index (χ2n) is 3.50. The van der Waals surface area contributed by atoms with Crippen LogP contribution < -0.4 is 11.1 Å². The van der Waals surface area contributed by atoms with E-state index in [0.717, 1.165) is 0 Å². The van der Waals surface area contributed by atoms with E-state index in [4.69, 9.17) is 15.0 Å². The molecule has 15 heavy (non-hydrogen) atoms. The zero-order valence-electron chi connectivity index (χ0n) is 8.18. The zero-order chi connectivity index (χ0) is 10.7. The summed E-state index contributed by atoms with van der Waals surface area (Å²) in [7, 11) is 0. The number of carbonyl (C=O) groups is 1. The lowest BCUT2D eigenvalue weighted by atomic mass is 10.0. The van der Waals surface area contributed by atoms with Gasteiger partial charge in [0.25, 0.3) is 0 Å². The van der Waals surface area contributed by atoms with Crippen LogP contribution in [0.3, 0.4) is 0 Å². The molecular formula is C9H13N3O3. The van der Waals surface area contributed by atoms with Crippen molar-refractivity contribution in [1.29, 1.82) is 0 Å². The number of nitrogens with one attached hydrogen (secondary N) is 1. The maximum Gasteiger partial charge on any atom is 0.227 e. The van der Waals surface area contributed by atoms with Crippen LogP contribution in [0.15, 0.2) is 16.8 Å². The molecule has 0 bridgehead atoms. The summed E-state index contributed by atoms with van der Waals surface area (Å²) in [5.41, 5.74) is 5.71. The van der Waals surface area contributed by atoms with Crippen molar-refractivity contribution in [2.45, 2.75) is 12.6 Å². The second-order valence-corrected chi connectivity index (χ2v) is 3.50. The Hall–Kier alpha value is -1.40. The third-order valence-electron chi connectivity index (χ3n) is 2.39. The van der Waals surface area contributed by atoms with Crippen LogP contribution in [0.1, 0.15) is 5.76 Å². The Morgan fingerprint density at radius 2 is 2.53 bits per heavy atom. The zero-order valence-corrected chi connectivity index (χ0v) is 8.18. The maximum absolute atomic E-state index is 11.6. The maximum atomic E-state index is 11.6. The molecule has 1 saturated heterocycles. The predicted molar refractivity (Wildman–Crippen MR) is 50.6 cm³/mol. The average Bonchev–Trinajstić information content (AvgIpc) is 2.84. The molecule has 2 atom stereocenters. The molecule has 2 heterocycles. The summed E-state index contributed by atoms with van der Waals surface area (Å²) in [6, 6.07) is 1.49. The molecule has 1 amide bonds. The Balaban J connectivity index is 1.82. The molecule has 0 radical (unpaired) electrons. The van der Waals surface area contributed by atoms with Gasteiger partial charge in [-0.25, -0.2) is 0 Å². The normalized spacial score (nSPS) is 25.4. The van der Waals surface area contributed by atoms with Crippen molar-refractivity contribution in [3.63, 3.8) is 0 Å². The number of ether oxygens (including phenoxy) is 1. The van der Waals surface area contributed by atoms with Gasteiger partial charge in [0.2, 0.25) is 5.91 Å². The highest BCUT2D eigenvalue weighted by atomic mass is 16.5. The molecule has 1 aliphatic rings. The molecule has 3 N–H and O–H groups in total. The van der Waals surface area contributed by atoms with Gasteiger partial charge in [-0.15, -0.1) is 0 Å². The largest absolute Gasteiger partial charge is 0.379 e. The first-order valence-electron chi connectivity index (χ1n) is 4.78. The monoisotopic (exact) mass is 211 g/mol. The molecule has 1 aromatic heterocycles. The number of hydrogen-bond acceptors (Lipinski definition) is 5. The van der Waals surface area contributed by atoms with Gasteiger partial charge in [0, 0.05) is 12.1 Å². The Morgan fingerprint density at radius 1 is 1.67 bits per heavy atom. The predicted octanol–water partition coefficient (Wildman–Crippen LogP) is -0.735. The summed E-state index contributed by atoms with van der Waals surface area (Å²) in [5, 5.41) is 6.26. The topological polar surface area (TPSA) is 90.4 Å². The van der Waals surface area contributed by atoms with Crippen molar-refractivity contribution < 1.29 is 14.1 Å². The molecule has 1 aliphatic heterocycles. The van der Waals surface area contributed by atoms with Crippen LogP contribution in [0.25, 0.3) is 0 Å². The summed E-state index contributed by atoms with van der Waals surface area (Å²) >= 11 is 0. The fourth-order valence-electron chi connectivity index (χ4n) is 1.48. The van der Waals surface area contributed by atoms with Crippen LogP contribution in [0, 0.1) is 5.92 Å². The molecule has 0 aromatic carbocycles. The SMILES string of the molecule is NC1COCC1C(=O)NCc1ccno1. The first kappa shape index (κ1) is 10.1. The lowest BCUT2D eigenvalue weighted by Gasteiger charge is -2.12. The van der Waals surface area contributed by atoms with Crippen molar-refractivity contribution in [3.8, 4) is 0 Å². The van der Waals surface area contributed by atoms with Crippen molar-refractivity contribution >= 4 is 5.91 Å². The molecular weight excluding hydrogens is 198 g/mol. The molecule has 0 aliphatic carbocycles. The molecule has 1 aromatic rings. The second kappa shape index (κ2) is 4.41. The van der Waals surface area contributed by atoms with E-state index in [-0.39, 0.29) is 17.9 Å². The Bertz CT molecular complexity index is 325. The van der Waals surface area contributed by atoms with Crippen molar-refractivity contribution in [2.24, 2.45) is 11.7 Å². The molecule has 0 saturated carbocycles. The van der Waals surface area contributed by atoms with E-state index >= 15 is 0 Å². The summed E-state index contributed by atoms with van der Waals surface area (Å²) in [5.74, 6) is 0.264. The van der Waals surface area contributed by atoms with Gasteiger partial charge in [-0.1, -0.05) is 5.16 Å². The van der Waals surface area contributed by atoms with Crippen LogP contribution in [0.4, 0.5) is 0 Å². The van der Waals surface area contributed by atoms with Crippen molar-refractivity contribution in [1.82, 2.24) is 10.5 Å². The first-order valence-corrected chi connectivity index (χ1v) is 4.78. The lowest BCUT2D eigenvalue weighted by molar-refractivity contribution is -0.125. The molecule has 0 spiro atoms. The highest BCUT2D eigenvalue weighted by molar-refractivity contribution is 5.79. The Kier molecular flexibility index (Phi) is 2.98. The average molecular weight is 211 g/mol. The molecule has 2 rings (SSSR count). The van der Waals surface area contributed by atoms with E-state index in [1.165, 1.54) is 6.20 Å². The van der Waals surface area contributed by atoms with Crippen LogP contribution in [-0.2, 0) is 16.1 Å². The lowest BCUT2D eigenvalue weighted by Crippen LogP contribution is -2.40. The van der Waals surface area contributed by atoms with Gasteiger partial charge in [-0.2, -0.15) is 0 Å². The van der Waals surface area contributed by atoms with E-state index in [1.807, 2.05) is 0 Å². The number of rotatable bonds is 3. The summed E-state index contributed by atoms with van der Waals surface area (Å²) < 4.78 is 9.95. The third kappa shape index (κ3) is 2.34. The van der Waals surface area contributed by atoms with Gasteiger partial charge in [0.05, 0.1) is 31.9 Å². The van der Waals surface area contributed by atoms with Crippen LogP contribution in [0.2, 0.25) is 0 Å². The summed E-state index contributed by atoms with van der Waals surface area (Å²) in [6.07, 6.45) is 1.53. The van der Waals surface area contributed by atoms with E-state index < -0.39 is 0 Å². The van der Waals surface area contributed by atoms with Crippen molar-refractivity contribution in [2.75, 3.05) is 13.2 Å². The van der Waals surface area contributed by atoms with E-state index in [0.29, 0.717) is 25.5 Å². The fraction of sp³-hybridized carbons (Fsp3) is 0.556. The van der Waals surface area contributed by atoms with Gasteiger partial charge in [-0.05, 0) is 0 Å². The Morgan fingerprint density at radius 3 is 3.13 bits per heavy atom. The van der Waals surface area contributed by atoms with Crippen molar-refractivity contribution in [3.05, 3.63) is 18.0 Å². The van der Waals surface area contributed by atoms with Gasteiger partial charge >= 0.3 is 0 Å². The smallest absolute Gasteiger partial charge is 0.227 e. The minimum atomic E-state index is -0.257. The summed E-state index contributed by atoms with van der Waals surface area (Å²) in [4.78, 5) is 11.6. The quantitative estimate of drug-likeness (QED) is 0.687. The number of nitrogens with zero attached hydrogens (tertiary/aromatic N) is 1. The van der Waals surface area contributed by atoms with Crippen LogP contribution in [0.5, 0.6) is 0 Å².